The summed E-state index contributed by atoms with van der Waals surface area (Å²) < 4.78 is 16.0. The van der Waals surface area contributed by atoms with Gasteiger partial charge in [0.15, 0.2) is 0 Å². The Labute approximate surface area is 158 Å². The topological polar surface area (TPSA) is 53.3 Å². The average molecular weight is 382 g/mol. The molecule has 2 aromatic rings. The molecule has 1 saturated heterocycles. The smallest absolute Gasteiger partial charge is 0.226 e. The molecule has 1 aliphatic rings. The van der Waals surface area contributed by atoms with Gasteiger partial charge in [-0.3, -0.25) is 4.90 Å². The van der Waals surface area contributed by atoms with Crippen LogP contribution in [0.15, 0.2) is 18.5 Å². The number of likely N-dealkylation sites (N-methyl/N-ethyl adjacent to an activating group) is 1. The van der Waals surface area contributed by atoms with Gasteiger partial charge in [0.2, 0.25) is 5.95 Å². The molecule has 0 amide bonds. The van der Waals surface area contributed by atoms with Crippen molar-refractivity contribution in [3.63, 3.8) is 0 Å². The van der Waals surface area contributed by atoms with E-state index in [4.69, 9.17) is 11.6 Å². The monoisotopic (exact) mass is 381 g/mol. The third-order valence-electron chi connectivity index (χ3n) is 4.65. The first-order valence-electron chi connectivity index (χ1n) is 8.61. The van der Waals surface area contributed by atoms with Crippen LogP contribution in [0.3, 0.4) is 0 Å². The number of halogens is 2. The molecule has 9 heteroatoms. The van der Waals surface area contributed by atoms with Gasteiger partial charge < -0.3 is 14.4 Å². The van der Waals surface area contributed by atoms with Crippen molar-refractivity contribution in [3.05, 3.63) is 29.4 Å². The largest absolute Gasteiger partial charge is 0.349 e. The molecule has 3 heterocycles. The fourth-order valence-electron chi connectivity index (χ4n) is 3.26. The molecule has 0 unspecified atom stereocenters. The van der Waals surface area contributed by atoms with E-state index in [2.05, 4.69) is 19.9 Å². The fourth-order valence-corrected chi connectivity index (χ4v) is 3.41. The lowest BCUT2D eigenvalue weighted by Gasteiger charge is -2.29. The Bertz CT molecular complexity index is 750. The van der Waals surface area contributed by atoms with Gasteiger partial charge in [-0.25, -0.2) is 14.4 Å². The summed E-state index contributed by atoms with van der Waals surface area (Å²) in [5.74, 6) is 2.28. The molecule has 0 N–H and O–H groups in total. The highest BCUT2D eigenvalue weighted by molar-refractivity contribution is 6.29. The zero-order valence-electron chi connectivity index (χ0n) is 15.6. The summed E-state index contributed by atoms with van der Waals surface area (Å²) in [5, 5.41) is 0.608. The number of nitrogens with zero attached hydrogens (tertiary/aromatic N) is 7. The van der Waals surface area contributed by atoms with Crippen LogP contribution in [0.2, 0.25) is 5.15 Å². The number of aromatic nitrogens is 4. The van der Waals surface area contributed by atoms with Gasteiger partial charge in [0.05, 0.1) is 19.3 Å². The molecule has 26 heavy (non-hydrogen) atoms. The van der Waals surface area contributed by atoms with Crippen molar-refractivity contribution in [1.82, 2.24) is 24.4 Å². The number of alkyl halides is 1. The van der Waals surface area contributed by atoms with E-state index in [9.17, 15) is 4.39 Å². The third kappa shape index (κ3) is 4.07. The Hall–Kier alpha value is -1.93. The minimum absolute atomic E-state index is 0.0515. The van der Waals surface area contributed by atoms with Crippen molar-refractivity contribution in [1.29, 1.82) is 0 Å². The van der Waals surface area contributed by atoms with Gasteiger partial charge in [-0.1, -0.05) is 11.6 Å². The SMILES string of the molecule is CN(Cc1ncc(Cl)n1C)C[C@@H]1C[C@H](F)CN1c1ccnc(N(C)C)n1. The van der Waals surface area contributed by atoms with Gasteiger partial charge >= 0.3 is 0 Å². The molecule has 142 valence electrons. The Morgan fingerprint density at radius 1 is 1.31 bits per heavy atom. The normalized spacial score (nSPS) is 20.2. The number of hydrogen-bond acceptors (Lipinski definition) is 6. The van der Waals surface area contributed by atoms with E-state index in [0.717, 1.165) is 11.6 Å². The summed E-state index contributed by atoms with van der Waals surface area (Å²) in [6, 6.07) is 1.90. The Kier molecular flexibility index (Phi) is 5.62. The molecule has 1 aliphatic heterocycles. The quantitative estimate of drug-likeness (QED) is 0.762. The zero-order chi connectivity index (χ0) is 18.8. The first-order valence-corrected chi connectivity index (χ1v) is 8.98. The molecule has 0 spiro atoms. The van der Waals surface area contributed by atoms with E-state index in [1.165, 1.54) is 0 Å². The van der Waals surface area contributed by atoms with E-state index in [0.29, 0.717) is 37.2 Å². The molecule has 0 aliphatic carbocycles. The van der Waals surface area contributed by atoms with E-state index < -0.39 is 6.17 Å². The first kappa shape index (κ1) is 18.8. The molecule has 7 nitrogen and oxygen atoms in total. The number of rotatable bonds is 6. The minimum atomic E-state index is -0.853. The maximum Gasteiger partial charge on any atom is 0.226 e. The third-order valence-corrected chi connectivity index (χ3v) is 5.00. The van der Waals surface area contributed by atoms with Crippen LogP contribution in [0.1, 0.15) is 12.2 Å². The summed E-state index contributed by atoms with van der Waals surface area (Å²) in [5.41, 5.74) is 0. The molecule has 2 aromatic heterocycles. The van der Waals surface area contributed by atoms with E-state index in [1.807, 2.05) is 48.6 Å². The van der Waals surface area contributed by atoms with Crippen molar-refractivity contribution in [2.24, 2.45) is 7.05 Å². The lowest BCUT2D eigenvalue weighted by atomic mass is 10.2. The highest BCUT2D eigenvalue weighted by Gasteiger charge is 2.34. The predicted molar refractivity (Wildman–Crippen MR) is 102 cm³/mol. The van der Waals surface area contributed by atoms with Gasteiger partial charge in [-0.2, -0.15) is 4.98 Å². The zero-order valence-corrected chi connectivity index (χ0v) is 16.4. The second-order valence-corrected chi connectivity index (χ2v) is 7.39. The van der Waals surface area contributed by atoms with Crippen LogP contribution >= 0.6 is 11.6 Å². The van der Waals surface area contributed by atoms with Crippen LogP contribution in [-0.4, -0.2) is 70.9 Å². The summed E-state index contributed by atoms with van der Waals surface area (Å²) in [6.07, 6.45) is 3.01. The average Bonchev–Trinajstić information content (AvgIpc) is 3.11. The van der Waals surface area contributed by atoms with Gasteiger partial charge in [0.1, 0.15) is 23.0 Å². The number of anilines is 2. The van der Waals surface area contributed by atoms with E-state index >= 15 is 0 Å². The van der Waals surface area contributed by atoms with Crippen LogP contribution < -0.4 is 9.80 Å². The van der Waals surface area contributed by atoms with Crippen molar-refractivity contribution in [2.75, 3.05) is 44.0 Å². The highest BCUT2D eigenvalue weighted by atomic mass is 35.5. The van der Waals surface area contributed by atoms with Gasteiger partial charge in [-0.05, 0) is 13.1 Å². The molecule has 1 fully saturated rings. The molecule has 3 rings (SSSR count). The Morgan fingerprint density at radius 3 is 2.73 bits per heavy atom. The Balaban J connectivity index is 1.71. The first-order chi connectivity index (χ1) is 12.3. The fraction of sp³-hybridized carbons (Fsp3) is 0.588. The summed E-state index contributed by atoms with van der Waals surface area (Å²) in [6.45, 7) is 1.72. The molecule has 0 aromatic carbocycles. The van der Waals surface area contributed by atoms with Gasteiger partial charge in [0, 0.05) is 46.3 Å². The maximum absolute atomic E-state index is 14.2. The second kappa shape index (κ2) is 7.75. The van der Waals surface area contributed by atoms with Crippen LogP contribution in [-0.2, 0) is 13.6 Å². The van der Waals surface area contributed by atoms with Crippen molar-refractivity contribution < 1.29 is 4.39 Å². The predicted octanol–water partition coefficient (Wildman–Crippen LogP) is 1.98. The van der Waals surface area contributed by atoms with Crippen LogP contribution in [0.5, 0.6) is 0 Å². The molecule has 2 atom stereocenters. The molecule has 0 bridgehead atoms. The standard InChI is InChI=1S/C17H25ClFN7/c1-23(2)17-20-6-5-15(22-17)26-9-12(19)7-13(26)10-24(3)11-16-21-8-14(18)25(16)4/h5-6,8,12-13H,7,9-11H2,1-4H3/t12-,13-/m0/s1. The van der Waals surface area contributed by atoms with Gasteiger partial charge in [-0.15, -0.1) is 0 Å². The molecule has 0 radical (unpaired) electrons. The summed E-state index contributed by atoms with van der Waals surface area (Å²) >= 11 is 6.05. The highest BCUT2D eigenvalue weighted by Crippen LogP contribution is 2.27. The molecular formula is C17H25ClFN7. The van der Waals surface area contributed by atoms with Crippen LogP contribution in [0, 0.1) is 0 Å². The maximum atomic E-state index is 14.2. The Morgan fingerprint density at radius 2 is 2.08 bits per heavy atom. The van der Waals surface area contributed by atoms with Crippen molar-refractivity contribution in [2.45, 2.75) is 25.2 Å². The molecule has 0 saturated carbocycles. The van der Waals surface area contributed by atoms with Crippen LogP contribution in [0.4, 0.5) is 16.2 Å². The van der Waals surface area contributed by atoms with Gasteiger partial charge in [0.25, 0.3) is 0 Å². The van der Waals surface area contributed by atoms with E-state index in [1.54, 1.807) is 12.4 Å². The minimum Gasteiger partial charge on any atom is -0.349 e. The van der Waals surface area contributed by atoms with Crippen molar-refractivity contribution >= 4 is 23.4 Å². The van der Waals surface area contributed by atoms with Crippen LogP contribution in [0.25, 0.3) is 0 Å². The lowest BCUT2D eigenvalue weighted by Crippen LogP contribution is -2.39. The summed E-state index contributed by atoms with van der Waals surface area (Å²) in [7, 11) is 7.69. The summed E-state index contributed by atoms with van der Waals surface area (Å²) in [4.78, 5) is 19.2. The van der Waals surface area contributed by atoms with E-state index in [-0.39, 0.29) is 6.04 Å². The lowest BCUT2D eigenvalue weighted by molar-refractivity contribution is 0.281. The van der Waals surface area contributed by atoms with Crippen molar-refractivity contribution in [3.8, 4) is 0 Å². The second-order valence-electron chi connectivity index (χ2n) is 7.00. The number of imidazole rings is 1. The molecular weight excluding hydrogens is 357 g/mol. The number of hydrogen-bond donors (Lipinski definition) is 0.